The van der Waals surface area contributed by atoms with E-state index in [1.165, 1.54) is 29.8 Å². The van der Waals surface area contributed by atoms with E-state index < -0.39 is 17.8 Å². The number of hydrogen-bond donors (Lipinski definition) is 1. The molecule has 30 heavy (non-hydrogen) atoms. The molecule has 0 aromatic carbocycles. The minimum absolute atomic E-state index is 0.0682. The molecule has 8 nitrogen and oxygen atoms in total. The normalized spacial score (nSPS) is 11.6. The molecule has 12 heteroatoms. The predicted octanol–water partition coefficient (Wildman–Crippen LogP) is 4.33. The molecule has 0 spiro atoms. The summed E-state index contributed by atoms with van der Waals surface area (Å²) in [6.07, 6.45) is -1.12. The number of nitrogens with zero attached hydrogens (tertiary/aromatic N) is 5. The molecule has 0 bridgehead atoms. The van der Waals surface area contributed by atoms with Crippen LogP contribution < -0.4 is 10.2 Å². The van der Waals surface area contributed by atoms with Gasteiger partial charge in [0.1, 0.15) is 0 Å². The zero-order chi connectivity index (χ0) is 21.5. The number of fused-ring (bicyclic) bond motifs is 1. The van der Waals surface area contributed by atoms with E-state index in [1.54, 1.807) is 6.92 Å². The van der Waals surface area contributed by atoms with Crippen LogP contribution in [-0.2, 0) is 6.18 Å². The summed E-state index contributed by atoms with van der Waals surface area (Å²) in [7, 11) is 0. The Morgan fingerprint density at radius 2 is 2.03 bits per heavy atom. The molecule has 0 aliphatic carbocycles. The fourth-order valence-electron chi connectivity index (χ4n) is 2.73. The monoisotopic (exact) mass is 434 g/mol. The van der Waals surface area contributed by atoms with E-state index >= 15 is 0 Å². The molecule has 0 aliphatic rings. The number of alkyl halides is 3. The van der Waals surface area contributed by atoms with Crippen LogP contribution in [0.5, 0.6) is 5.75 Å². The second-order valence-electron chi connectivity index (χ2n) is 6.24. The first-order valence-corrected chi connectivity index (χ1v) is 9.37. The number of aromatic nitrogens is 5. The summed E-state index contributed by atoms with van der Waals surface area (Å²) in [6, 6.07) is 1.35. The lowest BCUT2D eigenvalue weighted by molar-refractivity contribution is -0.136. The minimum atomic E-state index is -4.60. The Kier molecular flexibility index (Phi) is 4.86. The van der Waals surface area contributed by atoms with E-state index in [0.717, 1.165) is 22.8 Å². The lowest BCUT2D eigenvalue weighted by Gasteiger charge is -2.10. The summed E-state index contributed by atoms with van der Waals surface area (Å²) in [5.74, 6) is 0.454. The van der Waals surface area contributed by atoms with Crippen LogP contribution in [-0.4, -0.2) is 30.7 Å². The van der Waals surface area contributed by atoms with Crippen molar-refractivity contribution in [2.75, 3.05) is 5.43 Å². The van der Waals surface area contributed by atoms with E-state index in [4.69, 9.17) is 4.74 Å². The number of rotatable bonds is 3. The van der Waals surface area contributed by atoms with Crippen LogP contribution >= 0.6 is 11.3 Å². The second-order valence-corrected chi connectivity index (χ2v) is 7.10. The van der Waals surface area contributed by atoms with Gasteiger partial charge >= 0.3 is 12.3 Å². The second kappa shape index (κ2) is 7.37. The van der Waals surface area contributed by atoms with Crippen LogP contribution in [0.1, 0.15) is 17.0 Å². The highest BCUT2D eigenvalue weighted by molar-refractivity contribution is 7.13. The van der Waals surface area contributed by atoms with E-state index in [9.17, 15) is 18.0 Å². The number of aryl methyl sites for hydroxylation is 2. The van der Waals surface area contributed by atoms with E-state index in [-0.39, 0.29) is 16.7 Å². The zero-order valence-electron chi connectivity index (χ0n) is 15.6. The molecular weight excluding hydrogens is 421 g/mol. The fourth-order valence-corrected chi connectivity index (χ4v) is 3.46. The number of ether oxygens (including phenoxy) is 1. The maximum Gasteiger partial charge on any atom is 0.432 e. The first-order valence-electron chi connectivity index (χ1n) is 8.49. The van der Waals surface area contributed by atoms with E-state index in [0.29, 0.717) is 16.5 Å². The molecule has 4 aromatic heterocycles. The lowest BCUT2D eigenvalue weighted by Crippen LogP contribution is -2.25. The van der Waals surface area contributed by atoms with Crippen molar-refractivity contribution in [1.82, 2.24) is 24.6 Å². The largest absolute Gasteiger partial charge is 0.432 e. The molecule has 0 saturated heterocycles. The third-order valence-electron chi connectivity index (χ3n) is 4.07. The maximum atomic E-state index is 13.2. The highest BCUT2D eigenvalue weighted by Crippen LogP contribution is 2.35. The molecule has 0 radical (unpaired) electrons. The molecule has 154 valence electrons. The van der Waals surface area contributed by atoms with Gasteiger partial charge in [0, 0.05) is 35.1 Å². The highest BCUT2D eigenvalue weighted by Gasteiger charge is 2.35. The number of carbonyl (C=O) groups excluding carboxylic acids is 1. The van der Waals surface area contributed by atoms with Gasteiger partial charge in [-0.25, -0.2) is 25.2 Å². The van der Waals surface area contributed by atoms with Crippen molar-refractivity contribution in [3.8, 4) is 16.6 Å². The molecule has 0 aliphatic heterocycles. The third kappa shape index (κ3) is 3.81. The van der Waals surface area contributed by atoms with Crippen LogP contribution in [0.3, 0.4) is 0 Å². The number of carbonyl (C=O) groups is 1. The first kappa shape index (κ1) is 19.8. The SMILES string of the molecule is Cc1csc(-c2ncc(OC(=O)Nn3cc(C(F)(F)F)c4cnccc43)c(C)n2)n1. The average molecular weight is 434 g/mol. The van der Waals surface area contributed by atoms with Crippen LogP contribution in [0.25, 0.3) is 21.7 Å². The van der Waals surface area contributed by atoms with Crippen molar-refractivity contribution < 1.29 is 22.7 Å². The van der Waals surface area contributed by atoms with Crippen molar-refractivity contribution in [2.45, 2.75) is 20.0 Å². The van der Waals surface area contributed by atoms with Crippen LogP contribution in [0.2, 0.25) is 0 Å². The quantitative estimate of drug-likeness (QED) is 0.516. The molecule has 0 fully saturated rings. The van der Waals surface area contributed by atoms with Crippen molar-refractivity contribution in [3.63, 3.8) is 0 Å². The lowest BCUT2D eigenvalue weighted by atomic mass is 10.2. The van der Waals surface area contributed by atoms with Crippen LogP contribution in [0.15, 0.2) is 36.2 Å². The van der Waals surface area contributed by atoms with Crippen molar-refractivity contribution in [3.05, 3.63) is 53.2 Å². The number of halogens is 3. The number of amides is 1. The van der Waals surface area contributed by atoms with Gasteiger partial charge < -0.3 is 4.74 Å². The summed E-state index contributed by atoms with van der Waals surface area (Å²) in [6.45, 7) is 3.46. The summed E-state index contributed by atoms with van der Waals surface area (Å²) in [5, 5.41) is 2.34. The third-order valence-corrected chi connectivity index (χ3v) is 5.03. The van der Waals surface area contributed by atoms with Crippen molar-refractivity contribution >= 4 is 28.3 Å². The molecular formula is C18H13F3N6O2S. The van der Waals surface area contributed by atoms with Gasteiger partial charge in [-0.15, -0.1) is 11.3 Å². The zero-order valence-corrected chi connectivity index (χ0v) is 16.4. The van der Waals surface area contributed by atoms with Gasteiger partial charge in [0.05, 0.1) is 23.0 Å². The molecule has 1 N–H and O–H groups in total. The number of nitrogens with one attached hydrogen (secondary N) is 1. The minimum Gasteiger partial charge on any atom is -0.406 e. The molecule has 0 saturated carbocycles. The summed E-state index contributed by atoms with van der Waals surface area (Å²) in [4.78, 5) is 28.7. The van der Waals surface area contributed by atoms with Crippen molar-refractivity contribution in [1.29, 1.82) is 0 Å². The predicted molar refractivity (Wildman–Crippen MR) is 103 cm³/mol. The molecule has 1 amide bonds. The van der Waals surface area contributed by atoms with Gasteiger partial charge in [-0.3, -0.25) is 9.66 Å². The summed E-state index contributed by atoms with van der Waals surface area (Å²) in [5.41, 5.74) is 2.68. The highest BCUT2D eigenvalue weighted by atomic mass is 32.1. The Morgan fingerprint density at radius 1 is 1.23 bits per heavy atom. The van der Waals surface area contributed by atoms with Crippen molar-refractivity contribution in [2.24, 2.45) is 0 Å². The fraction of sp³-hybridized carbons (Fsp3) is 0.167. The van der Waals surface area contributed by atoms with Gasteiger partial charge in [0.2, 0.25) is 0 Å². The summed E-state index contributed by atoms with van der Waals surface area (Å²) >= 11 is 1.38. The van der Waals surface area contributed by atoms with Crippen LogP contribution in [0, 0.1) is 13.8 Å². The molecule has 0 unspecified atom stereocenters. The average Bonchev–Trinajstić information content (AvgIpc) is 3.27. The van der Waals surface area contributed by atoms with Gasteiger partial charge in [-0.2, -0.15) is 13.2 Å². The first-order chi connectivity index (χ1) is 14.2. The Labute approximate surface area is 171 Å². The number of hydrogen-bond acceptors (Lipinski definition) is 7. The Morgan fingerprint density at radius 3 is 2.70 bits per heavy atom. The smallest absolute Gasteiger partial charge is 0.406 e. The number of thiazole rings is 1. The summed E-state index contributed by atoms with van der Waals surface area (Å²) < 4.78 is 45.8. The molecule has 4 heterocycles. The van der Waals surface area contributed by atoms with E-state index in [2.05, 4.69) is 25.4 Å². The molecule has 4 rings (SSSR count). The van der Waals surface area contributed by atoms with Crippen LogP contribution in [0.4, 0.5) is 18.0 Å². The Hall–Kier alpha value is -3.54. The van der Waals surface area contributed by atoms with E-state index in [1.807, 2.05) is 12.3 Å². The number of pyridine rings is 1. The molecule has 4 aromatic rings. The topological polar surface area (TPSA) is 94.8 Å². The van der Waals surface area contributed by atoms with Gasteiger partial charge in [-0.05, 0) is 19.9 Å². The standard InChI is InChI=1S/C18H13F3N6O2S/c1-9-8-30-16(24-9)15-23-6-14(10(2)25-15)29-17(28)26-27-7-12(18(19,20)21)11-5-22-4-3-13(11)27/h3-8H,1-2H3,(H,26,28). The Bertz CT molecular complexity index is 1250. The van der Waals surface area contributed by atoms with Gasteiger partial charge in [0.15, 0.2) is 16.6 Å². The Balaban J connectivity index is 1.56. The van der Waals surface area contributed by atoms with Gasteiger partial charge in [0.25, 0.3) is 0 Å². The molecule has 0 atom stereocenters. The maximum absolute atomic E-state index is 13.2. The van der Waals surface area contributed by atoms with Gasteiger partial charge in [-0.1, -0.05) is 0 Å².